The number of hydrogen-bond acceptors (Lipinski definition) is 4. The van der Waals surface area contributed by atoms with Gasteiger partial charge in [0.15, 0.2) is 0 Å². The summed E-state index contributed by atoms with van der Waals surface area (Å²) in [6, 6.07) is 6.55. The SMILES string of the molecule is O=C1CC(c2ccc(Cl)cc2)NC(=O)N1CCSC(=S)N1CCCCC1. The molecule has 3 rings (SSSR count). The van der Waals surface area contributed by atoms with Crippen molar-refractivity contribution in [3.05, 3.63) is 34.9 Å². The van der Waals surface area contributed by atoms with E-state index >= 15 is 0 Å². The van der Waals surface area contributed by atoms with Gasteiger partial charge in [0, 0.05) is 30.4 Å². The molecule has 2 saturated heterocycles. The van der Waals surface area contributed by atoms with Gasteiger partial charge in [-0.2, -0.15) is 0 Å². The number of carbonyl (C=O) groups is 2. The Bertz CT molecular complexity index is 660. The first-order valence-corrected chi connectivity index (χ1v) is 10.6. The average molecular weight is 412 g/mol. The van der Waals surface area contributed by atoms with Gasteiger partial charge in [-0.05, 0) is 37.0 Å². The number of rotatable bonds is 4. The van der Waals surface area contributed by atoms with Gasteiger partial charge in [-0.25, -0.2) is 4.79 Å². The standard InChI is InChI=1S/C18H22ClN3O2S2/c19-14-6-4-13(5-7-14)15-12-16(23)22(17(24)20-15)10-11-26-18(25)21-8-2-1-3-9-21/h4-7,15H,1-3,8-12H2,(H,20,24). The molecule has 1 aromatic rings. The van der Waals surface area contributed by atoms with E-state index in [1.807, 2.05) is 12.1 Å². The zero-order valence-electron chi connectivity index (χ0n) is 14.4. The van der Waals surface area contributed by atoms with Gasteiger partial charge in [0.05, 0.1) is 12.5 Å². The van der Waals surface area contributed by atoms with E-state index in [1.165, 1.54) is 24.2 Å². The number of thioether (sulfide) groups is 1. The number of thiocarbonyl (C=S) groups is 1. The van der Waals surface area contributed by atoms with Crippen molar-refractivity contribution in [2.75, 3.05) is 25.4 Å². The zero-order valence-corrected chi connectivity index (χ0v) is 16.8. The summed E-state index contributed by atoms with van der Waals surface area (Å²) in [6.45, 7) is 2.39. The van der Waals surface area contributed by atoms with E-state index in [4.69, 9.17) is 23.8 Å². The molecule has 1 N–H and O–H groups in total. The summed E-state index contributed by atoms with van der Waals surface area (Å²) in [5.74, 6) is 0.471. The van der Waals surface area contributed by atoms with Gasteiger partial charge < -0.3 is 10.2 Å². The summed E-state index contributed by atoms with van der Waals surface area (Å²) in [5, 5.41) is 3.53. The van der Waals surface area contributed by atoms with Crippen LogP contribution in [0.3, 0.4) is 0 Å². The second-order valence-electron chi connectivity index (χ2n) is 6.47. The zero-order chi connectivity index (χ0) is 18.5. The summed E-state index contributed by atoms with van der Waals surface area (Å²) >= 11 is 12.9. The van der Waals surface area contributed by atoms with Crippen LogP contribution in [-0.2, 0) is 4.79 Å². The van der Waals surface area contributed by atoms with Gasteiger partial charge in [-0.1, -0.05) is 47.7 Å². The molecule has 1 atom stereocenters. The minimum Gasteiger partial charge on any atom is -0.358 e. The van der Waals surface area contributed by atoms with Gasteiger partial charge >= 0.3 is 6.03 Å². The van der Waals surface area contributed by atoms with Crippen LogP contribution in [0.1, 0.15) is 37.3 Å². The molecule has 1 unspecified atom stereocenters. The number of carbonyl (C=O) groups excluding carboxylic acids is 2. The Morgan fingerprint density at radius 1 is 1.19 bits per heavy atom. The van der Waals surface area contributed by atoms with Crippen LogP contribution >= 0.6 is 35.6 Å². The highest BCUT2D eigenvalue weighted by molar-refractivity contribution is 8.22. The van der Waals surface area contributed by atoms with E-state index in [9.17, 15) is 9.59 Å². The third kappa shape index (κ3) is 4.90. The summed E-state index contributed by atoms with van der Waals surface area (Å²) in [7, 11) is 0. The summed E-state index contributed by atoms with van der Waals surface area (Å²) in [5.41, 5.74) is 0.886. The number of likely N-dealkylation sites (tertiary alicyclic amines) is 1. The number of hydrogen-bond donors (Lipinski definition) is 1. The number of nitrogens with one attached hydrogen (secondary N) is 1. The number of urea groups is 1. The molecule has 0 spiro atoms. The number of piperidine rings is 1. The van der Waals surface area contributed by atoms with Crippen LogP contribution < -0.4 is 5.32 Å². The highest BCUT2D eigenvalue weighted by Crippen LogP contribution is 2.24. The molecule has 0 bridgehead atoms. The van der Waals surface area contributed by atoms with E-state index < -0.39 is 0 Å². The highest BCUT2D eigenvalue weighted by atomic mass is 35.5. The van der Waals surface area contributed by atoms with Crippen LogP contribution in [0.4, 0.5) is 4.79 Å². The van der Waals surface area contributed by atoms with Crippen molar-refractivity contribution < 1.29 is 9.59 Å². The predicted molar refractivity (Wildman–Crippen MR) is 110 cm³/mol. The quantitative estimate of drug-likeness (QED) is 0.763. The second-order valence-corrected chi connectivity index (χ2v) is 8.63. The van der Waals surface area contributed by atoms with Gasteiger partial charge in [-0.15, -0.1) is 0 Å². The molecule has 1 aromatic carbocycles. The summed E-state index contributed by atoms with van der Waals surface area (Å²) in [6.07, 6.45) is 3.88. The van der Waals surface area contributed by atoms with Crippen LogP contribution in [-0.4, -0.2) is 51.4 Å². The molecule has 0 radical (unpaired) electrons. The molecule has 2 aliphatic rings. The van der Waals surface area contributed by atoms with Crippen LogP contribution in [0.25, 0.3) is 0 Å². The molecule has 2 aliphatic heterocycles. The number of nitrogens with zero attached hydrogens (tertiary/aromatic N) is 2. The molecular formula is C18H22ClN3O2S2. The maximum atomic E-state index is 12.4. The lowest BCUT2D eigenvalue weighted by Gasteiger charge is -2.32. The molecule has 0 saturated carbocycles. The molecule has 140 valence electrons. The molecule has 2 fully saturated rings. The van der Waals surface area contributed by atoms with Gasteiger partial charge in [0.25, 0.3) is 0 Å². The molecule has 2 heterocycles. The molecule has 0 aliphatic carbocycles. The van der Waals surface area contributed by atoms with Crippen molar-refractivity contribution in [2.24, 2.45) is 0 Å². The average Bonchev–Trinajstić information content (AvgIpc) is 2.65. The second kappa shape index (κ2) is 9.06. The lowest BCUT2D eigenvalue weighted by atomic mass is 10.0. The lowest BCUT2D eigenvalue weighted by Crippen LogP contribution is -2.52. The predicted octanol–water partition coefficient (Wildman–Crippen LogP) is 3.83. The van der Waals surface area contributed by atoms with E-state index in [0.29, 0.717) is 17.3 Å². The minimum absolute atomic E-state index is 0.154. The van der Waals surface area contributed by atoms with Crippen molar-refractivity contribution in [1.82, 2.24) is 15.1 Å². The van der Waals surface area contributed by atoms with Crippen molar-refractivity contribution in [3.63, 3.8) is 0 Å². The molecular weight excluding hydrogens is 390 g/mol. The molecule has 8 heteroatoms. The van der Waals surface area contributed by atoms with Crippen LogP contribution in [0.15, 0.2) is 24.3 Å². The Balaban J connectivity index is 1.49. The van der Waals surface area contributed by atoms with Gasteiger partial charge in [0.2, 0.25) is 5.91 Å². The third-order valence-electron chi connectivity index (χ3n) is 4.65. The monoisotopic (exact) mass is 411 g/mol. The van der Waals surface area contributed by atoms with Gasteiger partial charge in [-0.3, -0.25) is 9.69 Å². The Morgan fingerprint density at radius 3 is 2.54 bits per heavy atom. The van der Waals surface area contributed by atoms with Gasteiger partial charge in [0.1, 0.15) is 4.32 Å². The largest absolute Gasteiger partial charge is 0.358 e. The van der Waals surface area contributed by atoms with Crippen LogP contribution in [0.5, 0.6) is 0 Å². The molecule has 3 amide bonds. The molecule has 26 heavy (non-hydrogen) atoms. The van der Waals surface area contributed by atoms with Crippen molar-refractivity contribution in [1.29, 1.82) is 0 Å². The summed E-state index contributed by atoms with van der Waals surface area (Å²) in [4.78, 5) is 28.3. The maximum absolute atomic E-state index is 12.4. The first kappa shape index (κ1) is 19.5. The minimum atomic E-state index is -0.342. The van der Waals surface area contributed by atoms with Crippen LogP contribution in [0, 0.1) is 0 Å². The Labute approximate surface area is 168 Å². The van der Waals surface area contributed by atoms with Crippen molar-refractivity contribution >= 4 is 51.8 Å². The fourth-order valence-electron chi connectivity index (χ4n) is 3.19. The first-order chi connectivity index (χ1) is 12.5. The molecule has 5 nitrogen and oxygen atoms in total. The summed E-state index contributed by atoms with van der Waals surface area (Å²) < 4.78 is 0.869. The van der Waals surface area contributed by atoms with Crippen LogP contribution in [0.2, 0.25) is 5.02 Å². The molecule has 0 aromatic heterocycles. The number of halogens is 1. The Kier molecular flexibility index (Phi) is 6.78. The number of benzene rings is 1. The van der Waals surface area contributed by atoms with Crippen molar-refractivity contribution in [2.45, 2.75) is 31.7 Å². The van der Waals surface area contributed by atoms with E-state index in [-0.39, 0.29) is 24.4 Å². The first-order valence-electron chi connectivity index (χ1n) is 8.82. The normalized spacial score (nSPS) is 20.9. The van der Waals surface area contributed by atoms with E-state index in [0.717, 1.165) is 23.0 Å². The van der Waals surface area contributed by atoms with E-state index in [2.05, 4.69) is 10.2 Å². The van der Waals surface area contributed by atoms with Crippen molar-refractivity contribution in [3.8, 4) is 0 Å². The maximum Gasteiger partial charge on any atom is 0.324 e. The fraction of sp³-hybridized carbons (Fsp3) is 0.500. The lowest BCUT2D eigenvalue weighted by molar-refractivity contribution is -0.130. The Hall–Kier alpha value is -1.31. The Morgan fingerprint density at radius 2 is 1.88 bits per heavy atom. The highest BCUT2D eigenvalue weighted by Gasteiger charge is 2.32. The number of imide groups is 1. The topological polar surface area (TPSA) is 52.7 Å². The number of amides is 3. The van der Waals surface area contributed by atoms with E-state index in [1.54, 1.807) is 23.9 Å². The smallest absolute Gasteiger partial charge is 0.324 e. The fourth-order valence-corrected chi connectivity index (χ4v) is 4.56. The third-order valence-corrected chi connectivity index (χ3v) is 6.41.